The van der Waals surface area contributed by atoms with Gasteiger partial charge in [-0.1, -0.05) is 18.2 Å². The Morgan fingerprint density at radius 1 is 0.698 bits per heavy atom. The lowest BCUT2D eigenvalue weighted by atomic mass is 9.87. The van der Waals surface area contributed by atoms with E-state index in [-0.39, 0.29) is 29.7 Å². The number of benzene rings is 4. The van der Waals surface area contributed by atoms with Crippen LogP contribution in [0.4, 0.5) is 0 Å². The SMILES string of the molecule is COc1ccc2cc1Oc1ccc(cc1)CC1c3cc(c(OC)cc3CCN1C)Oc1c(OC(=O)C3CCOCC3)c(OC)cc3c1C(C2)N(C)CC3. The van der Waals surface area contributed by atoms with Crippen molar-refractivity contribution in [3.05, 3.63) is 94.0 Å². The molecule has 10 heteroatoms. The Morgan fingerprint density at radius 3 is 2.08 bits per heavy atom. The van der Waals surface area contributed by atoms with E-state index in [1.54, 1.807) is 21.3 Å². The molecular weight excluding hydrogens is 672 g/mol. The molecule has 4 aromatic rings. The van der Waals surface area contributed by atoms with Crippen molar-refractivity contribution in [2.75, 3.05) is 61.7 Å². The van der Waals surface area contributed by atoms with Gasteiger partial charge >= 0.3 is 5.97 Å². The number of esters is 1. The molecule has 0 spiro atoms. The van der Waals surface area contributed by atoms with E-state index in [1.165, 1.54) is 16.7 Å². The number of carbonyl (C=O) groups excluding carboxylic acids is 1. The topological polar surface area (TPSA) is 88.2 Å². The van der Waals surface area contributed by atoms with Crippen LogP contribution in [0.5, 0.6) is 46.0 Å². The summed E-state index contributed by atoms with van der Waals surface area (Å²) in [4.78, 5) is 18.6. The van der Waals surface area contributed by atoms with Gasteiger partial charge in [0.1, 0.15) is 5.75 Å². The van der Waals surface area contributed by atoms with Crippen molar-refractivity contribution in [1.82, 2.24) is 9.80 Å². The Kier molecular flexibility index (Phi) is 9.93. The summed E-state index contributed by atoms with van der Waals surface area (Å²) in [6.45, 7) is 2.79. The van der Waals surface area contributed by atoms with Crippen LogP contribution in [0, 0.1) is 5.92 Å². The highest BCUT2D eigenvalue weighted by Crippen LogP contribution is 2.52. The fraction of sp³-hybridized carbons (Fsp3) is 0.419. The fourth-order valence-electron chi connectivity index (χ4n) is 8.30. The second kappa shape index (κ2) is 14.9. The first-order valence-electron chi connectivity index (χ1n) is 18.6. The van der Waals surface area contributed by atoms with Crippen LogP contribution in [0.1, 0.15) is 58.3 Å². The van der Waals surface area contributed by atoms with E-state index in [1.807, 2.05) is 24.3 Å². The van der Waals surface area contributed by atoms with E-state index < -0.39 is 0 Å². The smallest absolute Gasteiger partial charge is 0.314 e. The molecule has 1 fully saturated rings. The van der Waals surface area contributed by atoms with Crippen LogP contribution in [-0.4, -0.2) is 77.5 Å². The van der Waals surface area contributed by atoms with E-state index >= 15 is 0 Å². The highest BCUT2D eigenvalue weighted by Gasteiger charge is 2.36. The fourth-order valence-corrected chi connectivity index (χ4v) is 8.30. The molecule has 1 saturated heterocycles. The van der Waals surface area contributed by atoms with Gasteiger partial charge in [0, 0.05) is 44.0 Å². The largest absolute Gasteiger partial charge is 0.493 e. The van der Waals surface area contributed by atoms with Crippen LogP contribution in [0.3, 0.4) is 0 Å². The van der Waals surface area contributed by atoms with Gasteiger partial charge in [0.25, 0.3) is 0 Å². The summed E-state index contributed by atoms with van der Waals surface area (Å²) in [5.74, 6) is 3.85. The molecular formula is C43H48N2O8. The minimum Gasteiger partial charge on any atom is -0.493 e. The molecule has 0 saturated carbocycles. The van der Waals surface area contributed by atoms with Crippen LogP contribution in [-0.2, 0) is 35.2 Å². The van der Waals surface area contributed by atoms with E-state index in [4.69, 9.17) is 33.2 Å². The number of methoxy groups -OCH3 is 3. The Morgan fingerprint density at radius 2 is 1.34 bits per heavy atom. The normalized spacial score (nSPS) is 20.2. The lowest BCUT2D eigenvalue weighted by Gasteiger charge is -2.37. The maximum absolute atomic E-state index is 13.9. The predicted molar refractivity (Wildman–Crippen MR) is 200 cm³/mol. The highest BCUT2D eigenvalue weighted by atomic mass is 16.6. The molecule has 4 aromatic carbocycles. The van der Waals surface area contributed by atoms with E-state index in [0.717, 1.165) is 54.8 Å². The molecule has 5 heterocycles. The zero-order valence-electron chi connectivity index (χ0n) is 31.2. The summed E-state index contributed by atoms with van der Waals surface area (Å²) in [5.41, 5.74) is 6.70. The van der Waals surface area contributed by atoms with Crippen molar-refractivity contribution in [3.8, 4) is 46.0 Å². The maximum atomic E-state index is 13.9. The molecule has 5 aliphatic heterocycles. The molecule has 0 aliphatic carbocycles. The third kappa shape index (κ3) is 6.91. The van der Waals surface area contributed by atoms with Gasteiger partial charge in [0.05, 0.1) is 27.2 Å². The summed E-state index contributed by atoms with van der Waals surface area (Å²) in [7, 11) is 9.25. The quantitative estimate of drug-likeness (QED) is 0.153. The second-order valence-electron chi connectivity index (χ2n) is 14.6. The number of hydrogen-bond acceptors (Lipinski definition) is 10. The zero-order chi connectivity index (χ0) is 36.6. The van der Waals surface area contributed by atoms with Crippen molar-refractivity contribution in [2.45, 2.75) is 50.6 Å². The standard InChI is InChI=1S/C43H48N2O8/c1-44-16-12-29-23-36(48-4)38-25-32(29)33(44)20-26-6-9-31(10-7-26)51-37-22-27(8-11-35(37)47-3)21-34-40-30(13-17-45(34)2)24-39(49-5)41(42(40)52-38)53-43(46)28-14-18-50-19-15-28/h6-11,22-25,28,33-34H,12-21H2,1-5H3. The Hall–Kier alpha value is -4.77. The monoisotopic (exact) mass is 720 g/mol. The number of fused-ring (bicyclic) bond motifs is 2. The van der Waals surface area contributed by atoms with Crippen LogP contribution < -0.4 is 28.4 Å². The van der Waals surface area contributed by atoms with Gasteiger partial charge in [0.2, 0.25) is 5.75 Å². The first kappa shape index (κ1) is 35.3. The van der Waals surface area contributed by atoms with Crippen molar-refractivity contribution in [1.29, 1.82) is 0 Å². The predicted octanol–water partition coefficient (Wildman–Crippen LogP) is 7.49. The van der Waals surface area contributed by atoms with E-state index in [2.05, 4.69) is 60.3 Å². The van der Waals surface area contributed by atoms with Crippen LogP contribution in [0.15, 0.2) is 60.7 Å². The number of carbonyl (C=O) groups is 1. The van der Waals surface area contributed by atoms with Gasteiger partial charge in [-0.25, -0.2) is 0 Å². The average molecular weight is 721 g/mol. The number of likely N-dealkylation sites (N-methyl/N-ethyl adjacent to an activating group) is 2. The summed E-state index contributed by atoms with van der Waals surface area (Å²) in [5, 5.41) is 0. The second-order valence-corrected chi connectivity index (χ2v) is 14.6. The van der Waals surface area contributed by atoms with Gasteiger partial charge in [-0.3, -0.25) is 14.6 Å². The highest BCUT2D eigenvalue weighted by molar-refractivity contribution is 5.78. The summed E-state index contributed by atoms with van der Waals surface area (Å²) in [6.07, 6.45) is 4.29. The minimum absolute atomic E-state index is 0.0957. The molecule has 0 aromatic heterocycles. The maximum Gasteiger partial charge on any atom is 0.314 e. The zero-order valence-corrected chi connectivity index (χ0v) is 31.2. The summed E-state index contributed by atoms with van der Waals surface area (Å²) >= 11 is 0. The molecule has 10 nitrogen and oxygen atoms in total. The van der Waals surface area contributed by atoms with Crippen molar-refractivity contribution < 1.29 is 38.0 Å². The summed E-state index contributed by atoms with van der Waals surface area (Å²) in [6, 6.07) is 20.6. The van der Waals surface area contributed by atoms with Crippen LogP contribution >= 0.6 is 0 Å². The molecule has 9 rings (SSSR count). The lowest BCUT2D eigenvalue weighted by Crippen LogP contribution is -2.34. The Labute approximate surface area is 311 Å². The number of ether oxygens (including phenoxy) is 7. The third-order valence-corrected chi connectivity index (χ3v) is 11.4. The molecule has 2 atom stereocenters. The van der Waals surface area contributed by atoms with E-state index in [0.29, 0.717) is 67.0 Å². The molecule has 0 N–H and O–H groups in total. The number of rotatable bonds is 5. The summed E-state index contributed by atoms with van der Waals surface area (Å²) < 4.78 is 43.4. The Bertz CT molecular complexity index is 1990. The molecule has 0 radical (unpaired) electrons. The number of nitrogens with zero attached hydrogens (tertiary/aromatic N) is 2. The Balaban J connectivity index is 1.35. The van der Waals surface area contributed by atoms with Crippen molar-refractivity contribution in [3.63, 3.8) is 0 Å². The molecule has 6 bridgehead atoms. The van der Waals surface area contributed by atoms with Gasteiger partial charge in [-0.2, -0.15) is 0 Å². The minimum atomic E-state index is -0.312. The van der Waals surface area contributed by atoms with Crippen LogP contribution in [0.25, 0.3) is 0 Å². The average Bonchev–Trinajstić information content (AvgIpc) is 3.18. The van der Waals surface area contributed by atoms with Gasteiger partial charge in [-0.05, 0) is 123 Å². The van der Waals surface area contributed by atoms with Crippen molar-refractivity contribution >= 4 is 5.97 Å². The first-order valence-corrected chi connectivity index (χ1v) is 18.6. The first-order chi connectivity index (χ1) is 25.8. The van der Waals surface area contributed by atoms with Gasteiger partial charge in [-0.15, -0.1) is 0 Å². The van der Waals surface area contributed by atoms with Crippen molar-refractivity contribution in [2.24, 2.45) is 5.92 Å². The molecule has 53 heavy (non-hydrogen) atoms. The lowest BCUT2D eigenvalue weighted by molar-refractivity contribution is -0.142. The molecule has 278 valence electrons. The van der Waals surface area contributed by atoms with E-state index in [9.17, 15) is 4.79 Å². The van der Waals surface area contributed by atoms with Gasteiger partial charge < -0.3 is 33.2 Å². The van der Waals surface area contributed by atoms with Gasteiger partial charge in [0.15, 0.2) is 34.5 Å². The molecule has 5 aliphatic rings. The number of hydrogen-bond donors (Lipinski definition) is 0. The molecule has 0 amide bonds. The third-order valence-electron chi connectivity index (χ3n) is 11.4. The molecule has 2 unspecified atom stereocenters. The van der Waals surface area contributed by atoms with Crippen LogP contribution in [0.2, 0.25) is 0 Å².